The van der Waals surface area contributed by atoms with E-state index in [1.165, 1.54) is 12.1 Å². The van der Waals surface area contributed by atoms with Crippen LogP contribution >= 0.6 is 0 Å². The molecule has 1 atom stereocenters. The molecule has 0 amide bonds. The summed E-state index contributed by atoms with van der Waals surface area (Å²) in [5, 5.41) is 8.79. The van der Waals surface area contributed by atoms with E-state index in [2.05, 4.69) is 0 Å². The van der Waals surface area contributed by atoms with Crippen molar-refractivity contribution in [1.82, 2.24) is 4.57 Å². The van der Waals surface area contributed by atoms with E-state index >= 15 is 0 Å². The molecule has 0 aromatic carbocycles. The Kier molecular flexibility index (Phi) is 1.96. The number of hydrogen-bond donors (Lipinski definition) is 1. The molecule has 72 valence electrons. The number of carboxylic acid groups (broad SMARTS) is 1. The van der Waals surface area contributed by atoms with Gasteiger partial charge in [0.2, 0.25) is 0 Å². The van der Waals surface area contributed by atoms with Crippen LogP contribution in [0.3, 0.4) is 0 Å². The smallest absolute Gasteiger partial charge is 0.312 e. The predicted octanol–water partition coefficient (Wildman–Crippen LogP) is 0.576. The van der Waals surface area contributed by atoms with Crippen molar-refractivity contribution in [2.75, 3.05) is 0 Å². The fraction of sp³-hybridized carbons (Fsp3) is 0.200. The minimum atomic E-state index is -0.842. The van der Waals surface area contributed by atoms with Crippen molar-refractivity contribution >= 4 is 12.0 Å². The van der Waals surface area contributed by atoms with Crippen molar-refractivity contribution in [3.05, 3.63) is 40.3 Å². The van der Waals surface area contributed by atoms with Crippen LogP contribution in [0.1, 0.15) is 5.69 Å². The van der Waals surface area contributed by atoms with Crippen LogP contribution < -0.4 is 5.43 Å². The largest absolute Gasteiger partial charge is 0.481 e. The average molecular weight is 191 g/mol. The minimum Gasteiger partial charge on any atom is -0.481 e. The lowest BCUT2D eigenvalue weighted by atomic mass is 10.1. The zero-order valence-electron chi connectivity index (χ0n) is 7.38. The van der Waals surface area contributed by atoms with Gasteiger partial charge in [0.15, 0.2) is 5.43 Å². The molecule has 2 rings (SSSR count). The van der Waals surface area contributed by atoms with Crippen LogP contribution in [0.15, 0.2) is 29.2 Å². The molecule has 0 aliphatic carbocycles. The highest BCUT2D eigenvalue weighted by Gasteiger charge is 2.18. The first-order valence-corrected chi connectivity index (χ1v) is 4.28. The summed E-state index contributed by atoms with van der Waals surface area (Å²) in [5.41, 5.74) is 0.699. The third kappa shape index (κ3) is 1.46. The molecule has 0 saturated carbocycles. The summed E-state index contributed by atoms with van der Waals surface area (Å²) in [6, 6.07) is 2.93. The number of carbonyl (C=O) groups is 1. The van der Waals surface area contributed by atoms with E-state index in [1.807, 2.05) is 0 Å². The normalized spacial score (nSPS) is 19.0. The average Bonchev–Trinajstić information content (AvgIpc) is 2.16. The van der Waals surface area contributed by atoms with Gasteiger partial charge in [-0.1, -0.05) is 6.08 Å². The van der Waals surface area contributed by atoms with Crippen molar-refractivity contribution < 1.29 is 9.90 Å². The molecule has 0 spiro atoms. The van der Waals surface area contributed by atoms with Gasteiger partial charge >= 0.3 is 5.97 Å². The molecule has 1 aliphatic rings. The molecule has 0 saturated heterocycles. The second kappa shape index (κ2) is 3.14. The van der Waals surface area contributed by atoms with E-state index in [0.717, 1.165) is 5.69 Å². The first-order valence-electron chi connectivity index (χ1n) is 4.28. The van der Waals surface area contributed by atoms with Gasteiger partial charge in [0.05, 0.1) is 5.92 Å². The summed E-state index contributed by atoms with van der Waals surface area (Å²) in [7, 11) is 0. The standard InChI is InChI=1S/C10H9NO3/c12-9-3-4-11-6-7(10(13)14)1-2-8(11)5-9/h1-5,7H,6H2,(H,13,14). The molecule has 14 heavy (non-hydrogen) atoms. The molecule has 1 aromatic rings. The van der Waals surface area contributed by atoms with Gasteiger partial charge in [-0.05, 0) is 6.08 Å². The molecule has 2 heterocycles. The molecule has 0 fully saturated rings. The number of fused-ring (bicyclic) bond motifs is 1. The zero-order chi connectivity index (χ0) is 10.1. The van der Waals surface area contributed by atoms with Crippen LogP contribution in [0, 0.1) is 5.92 Å². The number of pyridine rings is 1. The fourth-order valence-corrected chi connectivity index (χ4v) is 1.48. The second-order valence-electron chi connectivity index (χ2n) is 3.24. The summed E-state index contributed by atoms with van der Waals surface area (Å²) in [6.07, 6.45) is 4.90. The van der Waals surface area contributed by atoms with E-state index in [1.54, 1.807) is 22.9 Å². The Morgan fingerprint density at radius 1 is 1.57 bits per heavy atom. The van der Waals surface area contributed by atoms with E-state index in [9.17, 15) is 9.59 Å². The number of nitrogens with zero attached hydrogens (tertiary/aromatic N) is 1. The molecule has 4 nitrogen and oxygen atoms in total. The van der Waals surface area contributed by atoms with E-state index in [4.69, 9.17) is 5.11 Å². The Balaban J connectivity index is 2.41. The molecule has 4 heteroatoms. The Bertz CT molecular complexity index is 459. The SMILES string of the molecule is O=C(O)C1C=Cc2cc(=O)ccn2C1. The van der Waals surface area contributed by atoms with Crippen LogP contribution in [0.2, 0.25) is 0 Å². The van der Waals surface area contributed by atoms with Gasteiger partial charge in [0.25, 0.3) is 0 Å². The van der Waals surface area contributed by atoms with Gasteiger partial charge in [0, 0.05) is 30.6 Å². The van der Waals surface area contributed by atoms with E-state index in [0.29, 0.717) is 6.54 Å². The maximum atomic E-state index is 11.0. The first kappa shape index (κ1) is 8.74. The number of aliphatic carboxylic acids is 1. The van der Waals surface area contributed by atoms with Gasteiger partial charge in [-0.15, -0.1) is 0 Å². The van der Waals surface area contributed by atoms with Crippen LogP contribution in [0.5, 0.6) is 0 Å². The third-order valence-corrected chi connectivity index (χ3v) is 2.25. The number of aromatic nitrogens is 1. The summed E-state index contributed by atoms with van der Waals surface area (Å²) in [5.74, 6) is -1.34. The summed E-state index contributed by atoms with van der Waals surface area (Å²) in [4.78, 5) is 21.7. The van der Waals surface area contributed by atoms with Crippen LogP contribution in [-0.2, 0) is 11.3 Å². The van der Waals surface area contributed by atoms with Crippen LogP contribution in [0.25, 0.3) is 6.08 Å². The number of rotatable bonds is 1. The quantitative estimate of drug-likeness (QED) is 0.706. The molecular weight excluding hydrogens is 182 g/mol. The summed E-state index contributed by atoms with van der Waals surface area (Å²) in [6.45, 7) is 0.390. The maximum Gasteiger partial charge on any atom is 0.312 e. The van der Waals surface area contributed by atoms with Crippen LogP contribution in [-0.4, -0.2) is 15.6 Å². The molecule has 1 aromatic heterocycles. The summed E-state index contributed by atoms with van der Waals surface area (Å²) < 4.78 is 1.76. The van der Waals surface area contributed by atoms with Gasteiger partial charge in [-0.25, -0.2) is 0 Å². The molecule has 0 radical (unpaired) electrons. The lowest BCUT2D eigenvalue weighted by Gasteiger charge is -2.18. The second-order valence-corrected chi connectivity index (χ2v) is 3.24. The molecule has 1 aliphatic heterocycles. The minimum absolute atomic E-state index is 0.0605. The third-order valence-electron chi connectivity index (χ3n) is 2.25. The lowest BCUT2D eigenvalue weighted by Crippen LogP contribution is -2.23. The van der Waals surface area contributed by atoms with Gasteiger partial charge in [0.1, 0.15) is 0 Å². The molecule has 0 bridgehead atoms. The Hall–Kier alpha value is -1.84. The molecular formula is C10H9NO3. The molecule has 1 unspecified atom stereocenters. The summed E-state index contributed by atoms with van der Waals surface area (Å²) >= 11 is 0. The maximum absolute atomic E-state index is 11.0. The first-order chi connectivity index (χ1) is 6.66. The van der Waals surface area contributed by atoms with E-state index in [-0.39, 0.29) is 5.43 Å². The fourth-order valence-electron chi connectivity index (χ4n) is 1.48. The lowest BCUT2D eigenvalue weighted by molar-refractivity contribution is -0.140. The Labute approximate surface area is 80.1 Å². The highest BCUT2D eigenvalue weighted by molar-refractivity contribution is 5.74. The van der Waals surface area contributed by atoms with Crippen molar-refractivity contribution in [2.45, 2.75) is 6.54 Å². The van der Waals surface area contributed by atoms with Gasteiger partial charge in [-0.3, -0.25) is 9.59 Å². The Morgan fingerprint density at radius 3 is 3.07 bits per heavy atom. The van der Waals surface area contributed by atoms with Crippen molar-refractivity contribution in [3.8, 4) is 0 Å². The monoisotopic (exact) mass is 191 g/mol. The highest BCUT2D eigenvalue weighted by atomic mass is 16.4. The highest BCUT2D eigenvalue weighted by Crippen LogP contribution is 2.14. The van der Waals surface area contributed by atoms with Crippen LogP contribution in [0.4, 0.5) is 0 Å². The predicted molar refractivity (Wildman–Crippen MR) is 50.9 cm³/mol. The van der Waals surface area contributed by atoms with Crippen molar-refractivity contribution in [1.29, 1.82) is 0 Å². The van der Waals surface area contributed by atoms with Crippen molar-refractivity contribution in [2.24, 2.45) is 5.92 Å². The van der Waals surface area contributed by atoms with Crippen molar-refractivity contribution in [3.63, 3.8) is 0 Å². The van der Waals surface area contributed by atoms with Gasteiger partial charge < -0.3 is 9.67 Å². The van der Waals surface area contributed by atoms with Gasteiger partial charge in [-0.2, -0.15) is 0 Å². The zero-order valence-corrected chi connectivity index (χ0v) is 7.38. The Morgan fingerprint density at radius 2 is 2.36 bits per heavy atom. The molecule has 1 N–H and O–H groups in total. The number of carboxylic acids is 1. The number of hydrogen-bond acceptors (Lipinski definition) is 2. The topological polar surface area (TPSA) is 59.3 Å². The van der Waals surface area contributed by atoms with E-state index < -0.39 is 11.9 Å².